The van der Waals surface area contributed by atoms with Crippen LogP contribution in [0.4, 0.5) is 0 Å². The number of carbonyl (C=O) groups is 1. The number of ether oxygens (including phenoxy) is 2. The number of carbonyl (C=O) groups excluding carboxylic acids is 1. The monoisotopic (exact) mass is 301 g/mol. The van der Waals surface area contributed by atoms with Crippen LogP contribution in [0.15, 0.2) is 23.1 Å². The van der Waals surface area contributed by atoms with Gasteiger partial charge in [0.15, 0.2) is 0 Å². The lowest BCUT2D eigenvalue weighted by Gasteiger charge is -2.15. The molecule has 1 N–H and O–H groups in total. The molecule has 7 heteroatoms. The summed E-state index contributed by atoms with van der Waals surface area (Å²) in [5.74, 6) is -0.577. The van der Waals surface area contributed by atoms with E-state index in [9.17, 15) is 13.2 Å². The molecular weight excluding hydrogens is 282 g/mol. The van der Waals surface area contributed by atoms with Crippen LogP contribution in [0.1, 0.15) is 22.8 Å². The molecule has 1 rings (SSSR count). The Hall–Kier alpha value is -1.44. The molecule has 0 aromatic heterocycles. The summed E-state index contributed by atoms with van der Waals surface area (Å²) in [6.07, 6.45) is 0. The van der Waals surface area contributed by atoms with Crippen molar-refractivity contribution in [1.29, 1.82) is 0 Å². The molecule has 1 atom stereocenters. The van der Waals surface area contributed by atoms with Crippen LogP contribution in [0.25, 0.3) is 0 Å². The molecule has 0 aliphatic carbocycles. The van der Waals surface area contributed by atoms with E-state index in [4.69, 9.17) is 4.74 Å². The van der Waals surface area contributed by atoms with Crippen LogP contribution in [0, 0.1) is 6.92 Å². The SMILES string of the molecule is COC[C@@H](C)NS(=O)(=O)c1cc(C(=O)OC)ccc1C. The fourth-order valence-corrected chi connectivity index (χ4v) is 3.25. The van der Waals surface area contributed by atoms with E-state index >= 15 is 0 Å². The van der Waals surface area contributed by atoms with Crippen molar-refractivity contribution < 1.29 is 22.7 Å². The fourth-order valence-electron chi connectivity index (χ4n) is 1.75. The molecule has 0 saturated heterocycles. The van der Waals surface area contributed by atoms with Crippen molar-refractivity contribution in [3.05, 3.63) is 29.3 Å². The lowest BCUT2D eigenvalue weighted by Crippen LogP contribution is -2.36. The minimum Gasteiger partial charge on any atom is -0.465 e. The molecule has 0 bridgehead atoms. The van der Waals surface area contributed by atoms with E-state index in [0.29, 0.717) is 5.56 Å². The van der Waals surface area contributed by atoms with Crippen LogP contribution < -0.4 is 4.72 Å². The number of rotatable bonds is 6. The summed E-state index contributed by atoms with van der Waals surface area (Å²) in [5.41, 5.74) is 0.743. The number of aryl methyl sites for hydroxylation is 1. The summed E-state index contributed by atoms with van der Waals surface area (Å²) >= 11 is 0. The molecule has 1 aromatic rings. The molecule has 0 radical (unpaired) electrons. The molecule has 0 fully saturated rings. The van der Waals surface area contributed by atoms with Crippen LogP contribution >= 0.6 is 0 Å². The predicted molar refractivity (Wildman–Crippen MR) is 74.2 cm³/mol. The topological polar surface area (TPSA) is 81.7 Å². The lowest BCUT2D eigenvalue weighted by molar-refractivity contribution is 0.0600. The van der Waals surface area contributed by atoms with Crippen molar-refractivity contribution in [2.45, 2.75) is 24.8 Å². The number of esters is 1. The molecule has 0 spiro atoms. The van der Waals surface area contributed by atoms with E-state index in [1.165, 1.54) is 26.4 Å². The smallest absolute Gasteiger partial charge is 0.337 e. The Labute approximate surface area is 119 Å². The van der Waals surface area contributed by atoms with Gasteiger partial charge in [-0.05, 0) is 31.5 Å². The Kier molecular flexibility index (Phi) is 5.67. The molecule has 1 aromatic carbocycles. The van der Waals surface area contributed by atoms with E-state index in [-0.39, 0.29) is 23.1 Å². The summed E-state index contributed by atoms with van der Waals surface area (Å²) in [5, 5.41) is 0. The Bertz CT molecular complexity index is 582. The summed E-state index contributed by atoms with van der Waals surface area (Å²) in [6, 6.07) is 4.04. The third kappa shape index (κ3) is 4.03. The van der Waals surface area contributed by atoms with Gasteiger partial charge in [0.05, 0.1) is 24.2 Å². The zero-order chi connectivity index (χ0) is 15.3. The normalized spacial score (nSPS) is 13.0. The van der Waals surface area contributed by atoms with Gasteiger partial charge in [0.2, 0.25) is 10.0 Å². The van der Waals surface area contributed by atoms with Gasteiger partial charge in [0, 0.05) is 13.2 Å². The van der Waals surface area contributed by atoms with E-state index in [1.807, 2.05) is 0 Å². The highest BCUT2D eigenvalue weighted by atomic mass is 32.2. The first-order chi connectivity index (χ1) is 9.31. The fraction of sp³-hybridized carbons (Fsp3) is 0.462. The third-order valence-corrected chi connectivity index (χ3v) is 4.40. The average molecular weight is 301 g/mol. The summed E-state index contributed by atoms with van der Waals surface area (Å²) in [4.78, 5) is 11.5. The lowest BCUT2D eigenvalue weighted by atomic mass is 10.1. The van der Waals surface area contributed by atoms with Crippen LogP contribution in [-0.4, -0.2) is 41.3 Å². The van der Waals surface area contributed by atoms with Gasteiger partial charge in [-0.2, -0.15) is 0 Å². The second-order valence-electron chi connectivity index (χ2n) is 4.45. The van der Waals surface area contributed by atoms with Gasteiger partial charge in [0.1, 0.15) is 0 Å². The molecule has 0 aliphatic rings. The van der Waals surface area contributed by atoms with Crippen molar-refractivity contribution in [3.63, 3.8) is 0 Å². The molecule has 112 valence electrons. The molecule has 0 aliphatic heterocycles. The van der Waals surface area contributed by atoms with E-state index in [1.54, 1.807) is 19.9 Å². The molecule has 0 heterocycles. The molecule has 6 nitrogen and oxygen atoms in total. The Morgan fingerprint density at radius 2 is 2.00 bits per heavy atom. The van der Waals surface area contributed by atoms with Crippen LogP contribution in [0.3, 0.4) is 0 Å². The first-order valence-corrected chi connectivity index (χ1v) is 7.50. The van der Waals surface area contributed by atoms with Gasteiger partial charge in [-0.1, -0.05) is 6.07 Å². The van der Waals surface area contributed by atoms with Crippen LogP contribution in [-0.2, 0) is 19.5 Å². The number of nitrogens with one attached hydrogen (secondary N) is 1. The number of benzene rings is 1. The van der Waals surface area contributed by atoms with Crippen molar-refractivity contribution >= 4 is 16.0 Å². The quantitative estimate of drug-likeness (QED) is 0.796. The molecule has 0 saturated carbocycles. The number of methoxy groups -OCH3 is 2. The predicted octanol–water partition coefficient (Wildman–Crippen LogP) is 1.09. The highest BCUT2D eigenvalue weighted by Gasteiger charge is 2.21. The minimum atomic E-state index is -3.71. The van der Waals surface area contributed by atoms with Gasteiger partial charge < -0.3 is 9.47 Å². The summed E-state index contributed by atoms with van der Waals surface area (Å²) < 4.78 is 36.5. The first kappa shape index (κ1) is 16.6. The van der Waals surface area contributed by atoms with Gasteiger partial charge in [0.25, 0.3) is 0 Å². The van der Waals surface area contributed by atoms with E-state index in [0.717, 1.165) is 0 Å². The number of hydrogen-bond donors (Lipinski definition) is 1. The second-order valence-corrected chi connectivity index (χ2v) is 6.13. The first-order valence-electron chi connectivity index (χ1n) is 6.02. The van der Waals surface area contributed by atoms with Crippen LogP contribution in [0.2, 0.25) is 0 Å². The van der Waals surface area contributed by atoms with Crippen LogP contribution in [0.5, 0.6) is 0 Å². The summed E-state index contributed by atoms with van der Waals surface area (Å²) in [7, 11) is -0.975. The van der Waals surface area contributed by atoms with Crippen molar-refractivity contribution in [3.8, 4) is 0 Å². The van der Waals surface area contributed by atoms with Gasteiger partial charge in [-0.25, -0.2) is 17.9 Å². The second kappa shape index (κ2) is 6.83. The average Bonchev–Trinajstić information content (AvgIpc) is 2.37. The highest BCUT2D eigenvalue weighted by molar-refractivity contribution is 7.89. The number of hydrogen-bond acceptors (Lipinski definition) is 5. The number of sulfonamides is 1. The Morgan fingerprint density at radius 1 is 1.35 bits per heavy atom. The zero-order valence-electron chi connectivity index (χ0n) is 12.0. The zero-order valence-corrected chi connectivity index (χ0v) is 12.8. The van der Waals surface area contributed by atoms with Crippen molar-refractivity contribution in [2.75, 3.05) is 20.8 Å². The van der Waals surface area contributed by atoms with Gasteiger partial charge in [-0.3, -0.25) is 0 Å². The Morgan fingerprint density at radius 3 is 2.55 bits per heavy atom. The molecule has 0 unspecified atom stereocenters. The minimum absolute atomic E-state index is 0.0587. The van der Waals surface area contributed by atoms with Crippen molar-refractivity contribution in [1.82, 2.24) is 4.72 Å². The highest BCUT2D eigenvalue weighted by Crippen LogP contribution is 2.18. The molecule has 0 amide bonds. The maximum atomic E-state index is 12.3. The van der Waals surface area contributed by atoms with Gasteiger partial charge in [-0.15, -0.1) is 0 Å². The standard InChI is InChI=1S/C13H19NO5S/c1-9-5-6-11(13(15)19-4)7-12(9)20(16,17)14-10(2)8-18-3/h5-7,10,14H,8H2,1-4H3/t10-/m1/s1. The van der Waals surface area contributed by atoms with E-state index < -0.39 is 16.0 Å². The Balaban J connectivity index is 3.14. The van der Waals surface area contributed by atoms with Crippen molar-refractivity contribution in [2.24, 2.45) is 0 Å². The summed E-state index contributed by atoms with van der Waals surface area (Å²) in [6.45, 7) is 3.62. The molecular formula is C13H19NO5S. The molecule has 20 heavy (non-hydrogen) atoms. The maximum absolute atomic E-state index is 12.3. The maximum Gasteiger partial charge on any atom is 0.337 e. The largest absolute Gasteiger partial charge is 0.465 e. The third-order valence-electron chi connectivity index (χ3n) is 2.67. The van der Waals surface area contributed by atoms with Gasteiger partial charge >= 0.3 is 5.97 Å². The van der Waals surface area contributed by atoms with E-state index in [2.05, 4.69) is 9.46 Å².